The molecule has 0 aliphatic rings. The molecular formula is C11H11BrN6. The Morgan fingerprint density at radius 2 is 2.28 bits per heavy atom. The zero-order valence-corrected chi connectivity index (χ0v) is 11.1. The van der Waals surface area contributed by atoms with Gasteiger partial charge < -0.3 is 9.88 Å². The molecule has 3 aromatic heterocycles. The molecule has 1 N–H and O–H groups in total. The lowest BCUT2D eigenvalue weighted by molar-refractivity contribution is 0.723. The van der Waals surface area contributed by atoms with Gasteiger partial charge in [0.1, 0.15) is 0 Å². The summed E-state index contributed by atoms with van der Waals surface area (Å²) in [6.07, 6.45) is 7.35. The van der Waals surface area contributed by atoms with Gasteiger partial charge in [0.05, 0.1) is 10.8 Å². The third-order valence-corrected chi connectivity index (χ3v) is 3.15. The second kappa shape index (κ2) is 4.77. The van der Waals surface area contributed by atoms with Crippen LogP contribution in [-0.2, 0) is 6.54 Å². The van der Waals surface area contributed by atoms with Crippen LogP contribution in [0.5, 0.6) is 0 Å². The molecule has 0 aliphatic heterocycles. The van der Waals surface area contributed by atoms with Gasteiger partial charge in [0.2, 0.25) is 5.95 Å². The molecule has 3 aromatic rings. The van der Waals surface area contributed by atoms with Crippen molar-refractivity contribution in [1.82, 2.24) is 24.1 Å². The van der Waals surface area contributed by atoms with Crippen molar-refractivity contribution in [3.8, 4) is 0 Å². The number of rotatable bonds is 4. The Balaban J connectivity index is 1.69. The normalized spacial score (nSPS) is 10.9. The van der Waals surface area contributed by atoms with E-state index in [0.29, 0.717) is 5.95 Å². The number of nitrogens with one attached hydrogen (secondary N) is 1. The molecule has 0 fully saturated rings. The molecule has 0 aromatic carbocycles. The van der Waals surface area contributed by atoms with Gasteiger partial charge in [0, 0.05) is 31.7 Å². The van der Waals surface area contributed by atoms with Crippen molar-refractivity contribution in [3.05, 3.63) is 41.5 Å². The van der Waals surface area contributed by atoms with Crippen LogP contribution in [0.1, 0.15) is 0 Å². The van der Waals surface area contributed by atoms with Crippen molar-refractivity contribution in [2.45, 2.75) is 6.54 Å². The molecule has 7 heteroatoms. The van der Waals surface area contributed by atoms with Crippen LogP contribution in [-0.4, -0.2) is 30.7 Å². The predicted octanol–water partition coefficient (Wildman–Crippen LogP) is 1.80. The van der Waals surface area contributed by atoms with Gasteiger partial charge >= 0.3 is 0 Å². The quantitative estimate of drug-likeness (QED) is 0.798. The number of fused-ring (bicyclic) bond motifs is 1. The van der Waals surface area contributed by atoms with Gasteiger partial charge in [0.25, 0.3) is 0 Å². The minimum Gasteiger partial charge on any atom is -0.351 e. The van der Waals surface area contributed by atoms with Crippen LogP contribution in [0.25, 0.3) is 5.65 Å². The monoisotopic (exact) mass is 306 g/mol. The van der Waals surface area contributed by atoms with E-state index in [9.17, 15) is 0 Å². The third kappa shape index (κ3) is 2.21. The van der Waals surface area contributed by atoms with Gasteiger partial charge in [-0.05, 0) is 28.1 Å². The molecule has 0 bridgehead atoms. The highest BCUT2D eigenvalue weighted by Crippen LogP contribution is 2.16. The molecule has 0 atom stereocenters. The van der Waals surface area contributed by atoms with Crippen molar-refractivity contribution >= 4 is 27.5 Å². The molecule has 0 saturated heterocycles. The zero-order chi connectivity index (χ0) is 12.4. The largest absolute Gasteiger partial charge is 0.351 e. The Hall–Kier alpha value is -1.89. The van der Waals surface area contributed by atoms with Crippen molar-refractivity contribution in [3.63, 3.8) is 0 Å². The number of aromatic nitrogens is 5. The standard InChI is InChI=1S/C11H11BrN6/c12-9-2-1-5-18-10(9)15-11(16-18)14-4-7-17-6-3-13-8-17/h1-3,5-6,8H,4,7H2,(H,14,16). The van der Waals surface area contributed by atoms with Crippen molar-refractivity contribution in [2.75, 3.05) is 11.9 Å². The SMILES string of the molecule is Brc1cccn2nc(NCCn3ccnc3)nc12. The number of halogens is 1. The molecule has 0 radical (unpaired) electrons. The molecule has 3 rings (SSSR count). The van der Waals surface area contributed by atoms with Crippen molar-refractivity contribution in [2.24, 2.45) is 0 Å². The number of pyridine rings is 1. The van der Waals surface area contributed by atoms with Crippen LogP contribution in [0.4, 0.5) is 5.95 Å². The summed E-state index contributed by atoms with van der Waals surface area (Å²) in [5.74, 6) is 0.627. The summed E-state index contributed by atoms with van der Waals surface area (Å²) in [5, 5.41) is 7.52. The highest BCUT2D eigenvalue weighted by Gasteiger charge is 2.05. The Morgan fingerprint density at radius 3 is 3.06 bits per heavy atom. The highest BCUT2D eigenvalue weighted by molar-refractivity contribution is 9.10. The lowest BCUT2D eigenvalue weighted by Gasteiger charge is -2.01. The average molecular weight is 307 g/mol. The molecule has 18 heavy (non-hydrogen) atoms. The maximum Gasteiger partial charge on any atom is 0.243 e. The van der Waals surface area contributed by atoms with E-state index in [2.05, 4.69) is 36.3 Å². The maximum atomic E-state index is 4.40. The van der Waals surface area contributed by atoms with E-state index in [1.165, 1.54) is 0 Å². The fourth-order valence-electron chi connectivity index (χ4n) is 1.66. The van der Waals surface area contributed by atoms with E-state index >= 15 is 0 Å². The topological polar surface area (TPSA) is 60.0 Å². The smallest absolute Gasteiger partial charge is 0.243 e. The molecule has 0 spiro atoms. The summed E-state index contributed by atoms with van der Waals surface area (Å²) in [6, 6.07) is 3.86. The zero-order valence-electron chi connectivity index (χ0n) is 9.49. The summed E-state index contributed by atoms with van der Waals surface area (Å²) in [6.45, 7) is 1.58. The number of hydrogen-bond donors (Lipinski definition) is 1. The van der Waals surface area contributed by atoms with Crippen molar-refractivity contribution < 1.29 is 0 Å². The van der Waals surface area contributed by atoms with Crippen LogP contribution in [0.2, 0.25) is 0 Å². The number of hydrogen-bond acceptors (Lipinski definition) is 4. The van der Waals surface area contributed by atoms with Crippen LogP contribution < -0.4 is 5.32 Å². The van der Waals surface area contributed by atoms with Crippen LogP contribution in [0.15, 0.2) is 41.5 Å². The van der Waals surface area contributed by atoms with E-state index in [-0.39, 0.29) is 0 Å². The fraction of sp³-hybridized carbons (Fsp3) is 0.182. The van der Waals surface area contributed by atoms with Gasteiger partial charge in [-0.3, -0.25) is 0 Å². The lowest BCUT2D eigenvalue weighted by atomic mass is 10.5. The second-order valence-corrected chi connectivity index (χ2v) is 4.64. The average Bonchev–Trinajstić information content (AvgIpc) is 2.98. The minimum atomic E-state index is 0.627. The van der Waals surface area contributed by atoms with Gasteiger partial charge in [0.15, 0.2) is 5.65 Å². The van der Waals surface area contributed by atoms with E-state index in [1.54, 1.807) is 17.0 Å². The van der Waals surface area contributed by atoms with E-state index in [4.69, 9.17) is 0 Å². The van der Waals surface area contributed by atoms with Crippen LogP contribution in [0, 0.1) is 0 Å². The van der Waals surface area contributed by atoms with Crippen LogP contribution >= 0.6 is 15.9 Å². The second-order valence-electron chi connectivity index (χ2n) is 3.79. The molecule has 0 aliphatic carbocycles. The number of nitrogens with zero attached hydrogens (tertiary/aromatic N) is 5. The first-order valence-electron chi connectivity index (χ1n) is 5.53. The first-order valence-corrected chi connectivity index (χ1v) is 6.33. The molecule has 92 valence electrons. The van der Waals surface area contributed by atoms with E-state index < -0.39 is 0 Å². The number of anilines is 1. The number of imidazole rings is 1. The molecule has 0 amide bonds. The summed E-state index contributed by atoms with van der Waals surface area (Å²) in [5.41, 5.74) is 0.808. The highest BCUT2D eigenvalue weighted by atomic mass is 79.9. The first kappa shape index (κ1) is 11.2. The summed E-state index contributed by atoms with van der Waals surface area (Å²) < 4.78 is 4.67. The van der Waals surface area contributed by atoms with Gasteiger partial charge in [-0.15, -0.1) is 5.10 Å². The van der Waals surface area contributed by atoms with Gasteiger partial charge in [-0.25, -0.2) is 9.50 Å². The van der Waals surface area contributed by atoms with Crippen molar-refractivity contribution in [1.29, 1.82) is 0 Å². The Morgan fingerprint density at radius 1 is 1.33 bits per heavy atom. The maximum absolute atomic E-state index is 4.40. The van der Waals surface area contributed by atoms with Gasteiger partial charge in [-0.1, -0.05) is 0 Å². The predicted molar refractivity (Wildman–Crippen MR) is 71.4 cm³/mol. The summed E-state index contributed by atoms with van der Waals surface area (Å²) in [7, 11) is 0. The lowest BCUT2D eigenvalue weighted by Crippen LogP contribution is -2.10. The van der Waals surface area contributed by atoms with E-state index in [1.807, 2.05) is 29.1 Å². The molecule has 6 nitrogen and oxygen atoms in total. The van der Waals surface area contributed by atoms with Gasteiger partial charge in [-0.2, -0.15) is 4.98 Å². The summed E-state index contributed by atoms with van der Waals surface area (Å²) in [4.78, 5) is 8.39. The molecule has 3 heterocycles. The molecule has 0 saturated carbocycles. The first-order chi connectivity index (χ1) is 8.83. The molecular weight excluding hydrogens is 296 g/mol. The minimum absolute atomic E-state index is 0.627. The van der Waals surface area contributed by atoms with E-state index in [0.717, 1.165) is 23.2 Å². The molecule has 0 unspecified atom stereocenters. The Kier molecular flexibility index (Phi) is 2.97. The van der Waals surface area contributed by atoms with Crippen LogP contribution in [0.3, 0.4) is 0 Å². The summed E-state index contributed by atoms with van der Waals surface area (Å²) >= 11 is 3.45. The Labute approximate surface area is 112 Å². The third-order valence-electron chi connectivity index (χ3n) is 2.53. The fourth-order valence-corrected chi connectivity index (χ4v) is 2.09. The Bertz CT molecular complexity index is 645.